The Morgan fingerprint density at radius 3 is 2.65 bits per heavy atom. The molecule has 1 unspecified atom stereocenters. The predicted octanol–water partition coefficient (Wildman–Crippen LogP) is 0.873. The van der Waals surface area contributed by atoms with Gasteiger partial charge in [-0.05, 0) is 38.6 Å². The van der Waals surface area contributed by atoms with Gasteiger partial charge in [-0.3, -0.25) is 9.69 Å². The minimum absolute atomic E-state index is 0.0438. The number of carboxylic acids is 1. The van der Waals surface area contributed by atoms with E-state index in [-0.39, 0.29) is 12.5 Å². The Bertz CT molecular complexity index is 408. The number of carboxylic acid groups (broad SMARTS) is 1. The summed E-state index contributed by atoms with van der Waals surface area (Å²) in [4.78, 5) is 27.7. The topological polar surface area (TPSA) is 72.9 Å². The lowest BCUT2D eigenvalue weighted by molar-refractivity contribution is -0.139. The molecule has 6 nitrogen and oxygen atoms in total. The van der Waals surface area contributed by atoms with Crippen molar-refractivity contribution in [3.63, 3.8) is 0 Å². The van der Waals surface area contributed by atoms with E-state index in [1.54, 1.807) is 0 Å². The largest absolute Gasteiger partial charge is 0.481 e. The maximum Gasteiger partial charge on any atom is 0.317 e. The second kappa shape index (κ2) is 5.24. The first-order valence-corrected chi connectivity index (χ1v) is 7.61. The van der Waals surface area contributed by atoms with Crippen molar-refractivity contribution in [1.29, 1.82) is 0 Å². The second-order valence-corrected chi connectivity index (χ2v) is 6.41. The van der Waals surface area contributed by atoms with E-state index >= 15 is 0 Å². The van der Waals surface area contributed by atoms with Crippen LogP contribution in [-0.2, 0) is 4.79 Å². The van der Waals surface area contributed by atoms with Crippen molar-refractivity contribution in [2.24, 2.45) is 0 Å². The van der Waals surface area contributed by atoms with Gasteiger partial charge in [0.25, 0.3) is 0 Å². The van der Waals surface area contributed by atoms with Gasteiger partial charge < -0.3 is 15.3 Å². The van der Waals surface area contributed by atoms with E-state index in [1.165, 1.54) is 12.8 Å². The zero-order valence-corrected chi connectivity index (χ0v) is 11.8. The van der Waals surface area contributed by atoms with Crippen molar-refractivity contribution >= 4 is 12.0 Å². The number of nitrogens with one attached hydrogen (secondary N) is 1. The van der Waals surface area contributed by atoms with Gasteiger partial charge in [-0.15, -0.1) is 0 Å². The van der Waals surface area contributed by atoms with Gasteiger partial charge in [0.2, 0.25) is 0 Å². The average Bonchev–Trinajstić information content (AvgIpc) is 2.82. The lowest BCUT2D eigenvalue weighted by Gasteiger charge is -2.44. The first-order chi connectivity index (χ1) is 9.58. The van der Waals surface area contributed by atoms with Crippen LogP contribution in [0.3, 0.4) is 0 Å². The summed E-state index contributed by atoms with van der Waals surface area (Å²) >= 11 is 0. The van der Waals surface area contributed by atoms with E-state index < -0.39 is 11.5 Å². The molecule has 2 N–H and O–H groups in total. The highest BCUT2D eigenvalue weighted by Crippen LogP contribution is 2.35. The number of aliphatic carboxylic acids is 1. The number of hydrogen-bond acceptors (Lipinski definition) is 3. The third-order valence-corrected chi connectivity index (χ3v) is 5.05. The van der Waals surface area contributed by atoms with E-state index in [0.717, 1.165) is 45.4 Å². The number of rotatable bonds is 3. The summed E-state index contributed by atoms with van der Waals surface area (Å²) in [5, 5.41) is 12.0. The first kappa shape index (κ1) is 13.7. The molecule has 2 saturated heterocycles. The molecule has 3 fully saturated rings. The number of fused-ring (bicyclic) bond motifs is 1. The molecule has 1 aliphatic carbocycles. The maximum absolute atomic E-state index is 12.4. The molecule has 3 rings (SSSR count). The number of piperazine rings is 1. The highest BCUT2D eigenvalue weighted by Gasteiger charge is 2.42. The van der Waals surface area contributed by atoms with Crippen molar-refractivity contribution < 1.29 is 14.7 Å². The van der Waals surface area contributed by atoms with Crippen LogP contribution in [0.2, 0.25) is 0 Å². The van der Waals surface area contributed by atoms with Gasteiger partial charge in [0.05, 0.1) is 12.0 Å². The minimum atomic E-state index is -0.828. The fourth-order valence-electron chi connectivity index (χ4n) is 3.72. The molecule has 20 heavy (non-hydrogen) atoms. The molecule has 0 aromatic heterocycles. The Balaban J connectivity index is 1.57. The van der Waals surface area contributed by atoms with Gasteiger partial charge in [-0.1, -0.05) is 0 Å². The molecule has 0 aromatic carbocycles. The van der Waals surface area contributed by atoms with Crippen LogP contribution in [0.25, 0.3) is 0 Å². The van der Waals surface area contributed by atoms with Crippen molar-refractivity contribution in [2.45, 2.75) is 50.1 Å². The molecule has 112 valence electrons. The van der Waals surface area contributed by atoms with Gasteiger partial charge in [0.15, 0.2) is 0 Å². The summed E-state index contributed by atoms with van der Waals surface area (Å²) in [5.74, 6) is -0.828. The van der Waals surface area contributed by atoms with E-state index in [2.05, 4.69) is 10.2 Å². The summed E-state index contributed by atoms with van der Waals surface area (Å²) in [6, 6.07) is 0.434. The summed E-state index contributed by atoms with van der Waals surface area (Å²) < 4.78 is 0. The summed E-state index contributed by atoms with van der Waals surface area (Å²) in [5.41, 5.74) is -0.490. The van der Waals surface area contributed by atoms with Gasteiger partial charge in [-0.2, -0.15) is 0 Å². The Kier molecular flexibility index (Phi) is 3.58. The molecule has 0 radical (unpaired) electrons. The van der Waals surface area contributed by atoms with Crippen molar-refractivity contribution in [3.05, 3.63) is 0 Å². The van der Waals surface area contributed by atoms with Crippen molar-refractivity contribution in [3.8, 4) is 0 Å². The fraction of sp³-hybridized carbons (Fsp3) is 0.857. The molecule has 0 spiro atoms. The normalized spacial score (nSPS) is 28.6. The monoisotopic (exact) mass is 281 g/mol. The Labute approximate surface area is 119 Å². The Hall–Kier alpha value is -1.30. The summed E-state index contributed by atoms with van der Waals surface area (Å²) in [7, 11) is 0. The van der Waals surface area contributed by atoms with Crippen LogP contribution in [0.15, 0.2) is 0 Å². The zero-order valence-electron chi connectivity index (χ0n) is 11.8. The third kappa shape index (κ3) is 2.61. The van der Waals surface area contributed by atoms with Crippen LogP contribution < -0.4 is 5.32 Å². The molecular formula is C14H23N3O3. The van der Waals surface area contributed by atoms with Gasteiger partial charge in [0, 0.05) is 25.7 Å². The number of urea groups is 1. The highest BCUT2D eigenvalue weighted by atomic mass is 16.4. The molecule has 6 heteroatoms. The Morgan fingerprint density at radius 1 is 1.20 bits per heavy atom. The quantitative estimate of drug-likeness (QED) is 0.805. The van der Waals surface area contributed by atoms with Crippen LogP contribution in [0, 0.1) is 0 Å². The van der Waals surface area contributed by atoms with Crippen LogP contribution >= 0.6 is 0 Å². The lowest BCUT2D eigenvalue weighted by atomic mass is 9.74. The highest BCUT2D eigenvalue weighted by molar-refractivity contribution is 5.77. The van der Waals surface area contributed by atoms with Crippen LogP contribution in [0.4, 0.5) is 4.79 Å². The SMILES string of the molecule is O=C(O)CC1(NC(=O)N2CCN3CCCC3C2)CCC1. The number of hydrogen-bond donors (Lipinski definition) is 2. The molecule has 2 aliphatic heterocycles. The second-order valence-electron chi connectivity index (χ2n) is 6.41. The van der Waals surface area contributed by atoms with E-state index in [0.29, 0.717) is 6.04 Å². The lowest BCUT2D eigenvalue weighted by Crippen LogP contribution is -2.61. The van der Waals surface area contributed by atoms with E-state index in [9.17, 15) is 9.59 Å². The molecule has 0 bridgehead atoms. The fourth-order valence-corrected chi connectivity index (χ4v) is 3.72. The predicted molar refractivity (Wildman–Crippen MR) is 73.5 cm³/mol. The molecule has 3 aliphatic rings. The molecule has 0 aromatic rings. The maximum atomic E-state index is 12.4. The number of carbonyl (C=O) groups is 2. The molecule has 2 amide bonds. The third-order valence-electron chi connectivity index (χ3n) is 5.05. The van der Waals surface area contributed by atoms with Crippen molar-refractivity contribution in [2.75, 3.05) is 26.2 Å². The van der Waals surface area contributed by atoms with E-state index in [1.807, 2.05) is 4.90 Å². The average molecular weight is 281 g/mol. The van der Waals surface area contributed by atoms with Crippen molar-refractivity contribution in [1.82, 2.24) is 15.1 Å². The van der Waals surface area contributed by atoms with Gasteiger partial charge >= 0.3 is 12.0 Å². The Morgan fingerprint density at radius 2 is 2.00 bits per heavy atom. The molecular weight excluding hydrogens is 258 g/mol. The zero-order chi connectivity index (χ0) is 14.2. The van der Waals surface area contributed by atoms with Crippen LogP contribution in [0.5, 0.6) is 0 Å². The smallest absolute Gasteiger partial charge is 0.317 e. The van der Waals surface area contributed by atoms with E-state index in [4.69, 9.17) is 5.11 Å². The molecule has 2 heterocycles. The van der Waals surface area contributed by atoms with Gasteiger partial charge in [-0.25, -0.2) is 4.79 Å². The number of nitrogens with zero attached hydrogens (tertiary/aromatic N) is 2. The number of amides is 2. The first-order valence-electron chi connectivity index (χ1n) is 7.61. The number of carbonyl (C=O) groups excluding carboxylic acids is 1. The standard InChI is InChI=1S/C14H23N3O3/c18-12(19)9-14(4-2-5-14)15-13(20)17-8-7-16-6-1-3-11(16)10-17/h11H,1-10H2,(H,15,20)(H,18,19). The summed E-state index contributed by atoms with van der Waals surface area (Å²) in [6.45, 7) is 3.65. The summed E-state index contributed by atoms with van der Waals surface area (Å²) in [6.07, 6.45) is 5.02. The van der Waals surface area contributed by atoms with Crippen LogP contribution in [0.1, 0.15) is 38.5 Å². The molecule has 1 saturated carbocycles. The molecule has 1 atom stereocenters. The minimum Gasteiger partial charge on any atom is -0.481 e. The van der Waals surface area contributed by atoms with Gasteiger partial charge in [0.1, 0.15) is 0 Å². The van der Waals surface area contributed by atoms with Crippen LogP contribution in [-0.4, -0.2) is 64.7 Å².